The molecule has 1 unspecified atom stereocenters. The molecule has 1 rings (SSSR count). The van der Waals surface area contributed by atoms with Crippen LogP contribution >= 0.6 is 0 Å². The Labute approximate surface area is 125 Å². The first-order valence-electron chi connectivity index (χ1n) is 7.09. The maximum atomic E-state index is 11.6. The van der Waals surface area contributed by atoms with Crippen LogP contribution in [0.4, 0.5) is 0 Å². The summed E-state index contributed by atoms with van der Waals surface area (Å²) in [4.78, 5) is 22.9. The Morgan fingerprint density at radius 3 is 2.33 bits per heavy atom. The van der Waals surface area contributed by atoms with E-state index in [1.807, 2.05) is 39.0 Å². The number of carbonyl (C=O) groups is 2. The van der Waals surface area contributed by atoms with Gasteiger partial charge in [0.2, 0.25) is 5.91 Å². The van der Waals surface area contributed by atoms with E-state index >= 15 is 0 Å². The van der Waals surface area contributed by atoms with Crippen molar-refractivity contribution in [2.45, 2.75) is 38.6 Å². The van der Waals surface area contributed by atoms with Gasteiger partial charge in [-0.15, -0.1) is 0 Å². The van der Waals surface area contributed by atoms with E-state index in [0.717, 1.165) is 5.56 Å². The van der Waals surface area contributed by atoms with Gasteiger partial charge in [0.05, 0.1) is 5.92 Å². The quantitative estimate of drug-likeness (QED) is 0.669. The van der Waals surface area contributed by atoms with Gasteiger partial charge in [0, 0.05) is 25.0 Å². The van der Waals surface area contributed by atoms with Crippen LogP contribution in [0.25, 0.3) is 0 Å². The number of aliphatic carboxylic acids is 1. The Balaban J connectivity index is 2.39. The van der Waals surface area contributed by atoms with Crippen molar-refractivity contribution in [3.8, 4) is 0 Å². The van der Waals surface area contributed by atoms with E-state index in [9.17, 15) is 14.7 Å². The molecule has 116 valence electrons. The van der Waals surface area contributed by atoms with E-state index in [0.29, 0.717) is 19.5 Å². The Hall–Kier alpha value is -1.88. The highest BCUT2D eigenvalue weighted by Crippen LogP contribution is 2.14. The van der Waals surface area contributed by atoms with Crippen LogP contribution in [0.3, 0.4) is 0 Å². The van der Waals surface area contributed by atoms with Crippen molar-refractivity contribution in [1.82, 2.24) is 10.6 Å². The van der Waals surface area contributed by atoms with Gasteiger partial charge in [0.15, 0.2) is 0 Å². The molecule has 0 fully saturated rings. The zero-order valence-electron chi connectivity index (χ0n) is 12.8. The summed E-state index contributed by atoms with van der Waals surface area (Å²) in [7, 11) is 0. The van der Waals surface area contributed by atoms with Crippen molar-refractivity contribution in [2.24, 2.45) is 0 Å². The lowest BCUT2D eigenvalue weighted by molar-refractivity contribution is -0.138. The molecule has 0 aromatic heterocycles. The third-order valence-electron chi connectivity index (χ3n) is 2.89. The molecular formula is C16H24N2O3. The summed E-state index contributed by atoms with van der Waals surface area (Å²) in [5.74, 6) is -1.51. The number of carbonyl (C=O) groups excluding carboxylic acids is 1. The molecule has 0 bridgehead atoms. The second kappa shape index (κ2) is 7.78. The van der Waals surface area contributed by atoms with Gasteiger partial charge in [-0.25, -0.2) is 0 Å². The van der Waals surface area contributed by atoms with E-state index in [-0.39, 0.29) is 11.4 Å². The van der Waals surface area contributed by atoms with Crippen molar-refractivity contribution in [2.75, 3.05) is 13.1 Å². The van der Waals surface area contributed by atoms with Crippen LogP contribution in [0, 0.1) is 0 Å². The zero-order valence-corrected chi connectivity index (χ0v) is 12.8. The maximum Gasteiger partial charge on any atom is 0.312 e. The van der Waals surface area contributed by atoms with Crippen LogP contribution in [0.15, 0.2) is 30.3 Å². The molecule has 0 spiro atoms. The van der Waals surface area contributed by atoms with Gasteiger partial charge in [0.25, 0.3) is 0 Å². The monoisotopic (exact) mass is 292 g/mol. The summed E-state index contributed by atoms with van der Waals surface area (Å²) >= 11 is 0. The molecule has 0 heterocycles. The lowest BCUT2D eigenvalue weighted by Gasteiger charge is -2.20. The molecule has 0 saturated heterocycles. The Morgan fingerprint density at radius 2 is 1.81 bits per heavy atom. The van der Waals surface area contributed by atoms with Gasteiger partial charge in [-0.1, -0.05) is 30.3 Å². The van der Waals surface area contributed by atoms with Gasteiger partial charge in [0.1, 0.15) is 0 Å². The van der Waals surface area contributed by atoms with Crippen molar-refractivity contribution in [3.63, 3.8) is 0 Å². The Bertz CT molecular complexity index is 466. The summed E-state index contributed by atoms with van der Waals surface area (Å²) in [5, 5.41) is 15.2. The molecule has 0 aliphatic rings. The fourth-order valence-corrected chi connectivity index (χ4v) is 1.96. The Kier molecular flexibility index (Phi) is 6.37. The summed E-state index contributed by atoms with van der Waals surface area (Å²) in [6, 6.07) is 9.09. The molecule has 0 saturated carbocycles. The summed E-state index contributed by atoms with van der Waals surface area (Å²) in [5.41, 5.74) is 0.515. The lowest BCUT2D eigenvalue weighted by atomic mass is 9.99. The normalized spacial score (nSPS) is 12.7. The highest BCUT2D eigenvalue weighted by atomic mass is 16.4. The molecule has 5 nitrogen and oxygen atoms in total. The first kappa shape index (κ1) is 17.2. The molecule has 1 aromatic carbocycles. The number of nitrogens with one attached hydrogen (secondary N) is 2. The minimum atomic E-state index is -0.868. The number of carboxylic acids is 1. The van der Waals surface area contributed by atoms with Crippen LogP contribution in [0.1, 0.15) is 38.7 Å². The first-order valence-corrected chi connectivity index (χ1v) is 7.09. The molecule has 3 N–H and O–H groups in total. The minimum absolute atomic E-state index is 0.0402. The summed E-state index contributed by atoms with van der Waals surface area (Å²) < 4.78 is 0. The van der Waals surface area contributed by atoms with Crippen molar-refractivity contribution >= 4 is 11.9 Å². The third kappa shape index (κ3) is 6.90. The predicted octanol–water partition coefficient (Wildman–Crippen LogP) is 1.75. The van der Waals surface area contributed by atoms with E-state index in [1.54, 1.807) is 12.1 Å². The summed E-state index contributed by atoms with van der Waals surface area (Å²) in [6.45, 7) is 6.54. The van der Waals surface area contributed by atoms with E-state index in [4.69, 9.17) is 0 Å². The molecule has 21 heavy (non-hydrogen) atoms. The van der Waals surface area contributed by atoms with Crippen molar-refractivity contribution in [3.05, 3.63) is 35.9 Å². The zero-order chi connectivity index (χ0) is 15.9. The highest BCUT2D eigenvalue weighted by molar-refractivity contribution is 5.77. The smallest absolute Gasteiger partial charge is 0.312 e. The standard InChI is InChI=1S/C16H24N2O3/c1-16(2,3)18-14(19)9-10-17-11-13(15(20)21)12-7-5-4-6-8-12/h4-8,13,17H,9-11H2,1-3H3,(H,18,19)(H,20,21). The molecule has 0 radical (unpaired) electrons. The van der Waals surface area contributed by atoms with Crippen LogP contribution in [-0.4, -0.2) is 35.6 Å². The number of hydrogen-bond donors (Lipinski definition) is 3. The molecule has 1 atom stereocenters. The van der Waals surface area contributed by atoms with Crippen molar-refractivity contribution in [1.29, 1.82) is 0 Å². The van der Waals surface area contributed by atoms with Crippen LogP contribution < -0.4 is 10.6 Å². The number of hydrogen-bond acceptors (Lipinski definition) is 3. The van der Waals surface area contributed by atoms with E-state index < -0.39 is 11.9 Å². The van der Waals surface area contributed by atoms with E-state index in [1.165, 1.54) is 0 Å². The van der Waals surface area contributed by atoms with Crippen LogP contribution in [0.2, 0.25) is 0 Å². The number of rotatable bonds is 7. The van der Waals surface area contributed by atoms with Crippen molar-refractivity contribution < 1.29 is 14.7 Å². The molecule has 5 heteroatoms. The minimum Gasteiger partial charge on any atom is -0.481 e. The fraction of sp³-hybridized carbons (Fsp3) is 0.500. The average molecular weight is 292 g/mol. The molecule has 0 aliphatic heterocycles. The number of amides is 1. The topological polar surface area (TPSA) is 78.4 Å². The second-order valence-electron chi connectivity index (χ2n) is 6.05. The molecule has 1 aromatic rings. The third-order valence-corrected chi connectivity index (χ3v) is 2.89. The SMILES string of the molecule is CC(C)(C)NC(=O)CCNCC(C(=O)O)c1ccccc1. The van der Waals surface area contributed by atoms with Gasteiger partial charge >= 0.3 is 5.97 Å². The lowest BCUT2D eigenvalue weighted by Crippen LogP contribution is -2.41. The predicted molar refractivity (Wildman–Crippen MR) is 82.2 cm³/mol. The second-order valence-corrected chi connectivity index (χ2v) is 6.05. The highest BCUT2D eigenvalue weighted by Gasteiger charge is 2.19. The first-order chi connectivity index (χ1) is 9.79. The van der Waals surface area contributed by atoms with Gasteiger partial charge in [-0.05, 0) is 26.3 Å². The Morgan fingerprint density at radius 1 is 1.19 bits per heavy atom. The maximum absolute atomic E-state index is 11.6. The number of benzene rings is 1. The fourth-order valence-electron chi connectivity index (χ4n) is 1.96. The van der Waals surface area contributed by atoms with Gasteiger partial charge in [-0.2, -0.15) is 0 Å². The van der Waals surface area contributed by atoms with Crippen LogP contribution in [-0.2, 0) is 9.59 Å². The van der Waals surface area contributed by atoms with Gasteiger partial charge in [-0.3, -0.25) is 9.59 Å². The van der Waals surface area contributed by atoms with Gasteiger partial charge < -0.3 is 15.7 Å². The molecular weight excluding hydrogens is 268 g/mol. The number of carboxylic acid groups (broad SMARTS) is 1. The van der Waals surface area contributed by atoms with E-state index in [2.05, 4.69) is 10.6 Å². The average Bonchev–Trinajstić information content (AvgIpc) is 2.37. The van der Waals surface area contributed by atoms with Crippen LogP contribution in [0.5, 0.6) is 0 Å². The largest absolute Gasteiger partial charge is 0.481 e. The molecule has 0 aliphatic carbocycles. The summed E-state index contributed by atoms with van der Waals surface area (Å²) in [6.07, 6.45) is 0.332. The molecule has 1 amide bonds.